The summed E-state index contributed by atoms with van der Waals surface area (Å²) in [6, 6.07) is 23.0. The van der Waals surface area contributed by atoms with Crippen molar-refractivity contribution in [3.05, 3.63) is 159 Å². The van der Waals surface area contributed by atoms with Crippen molar-refractivity contribution < 1.29 is 68.9 Å². The number of halogens is 9. The molecule has 6 heterocycles. The summed E-state index contributed by atoms with van der Waals surface area (Å²) in [4.78, 5) is 69.7. The second-order valence-corrected chi connectivity index (χ2v) is 19.9. The molecule has 0 bridgehead atoms. The van der Waals surface area contributed by atoms with Crippen molar-refractivity contribution in [3.8, 4) is 33.8 Å². The molecule has 3 aliphatic heterocycles. The van der Waals surface area contributed by atoms with E-state index < -0.39 is 72.5 Å². The fourth-order valence-electron chi connectivity index (χ4n) is 10.6. The van der Waals surface area contributed by atoms with Crippen LogP contribution in [-0.4, -0.2) is 90.2 Å². The molecular formula is C57H52F9N7O6. The van der Waals surface area contributed by atoms with Gasteiger partial charge in [0.1, 0.15) is 11.4 Å². The fraction of sp³-hybridized carbons (Fsp3) is 0.351. The number of benzene rings is 3. The first-order chi connectivity index (χ1) is 37.5. The number of carbonyl (C=O) groups excluding carboxylic acids is 4. The van der Waals surface area contributed by atoms with Crippen LogP contribution in [0.5, 0.6) is 0 Å². The van der Waals surface area contributed by atoms with Crippen LogP contribution in [0.15, 0.2) is 97.1 Å². The van der Waals surface area contributed by atoms with E-state index in [0.29, 0.717) is 36.2 Å². The third-order valence-corrected chi connectivity index (χ3v) is 14.7. The Morgan fingerprint density at radius 3 is 1.52 bits per heavy atom. The molecule has 2 atom stereocenters. The van der Waals surface area contributed by atoms with E-state index >= 15 is 0 Å². The second-order valence-electron chi connectivity index (χ2n) is 19.9. The number of aromatic nitrogens is 3. The molecule has 9 rings (SSSR count). The highest BCUT2D eigenvalue weighted by Gasteiger charge is 2.40. The first-order valence-corrected chi connectivity index (χ1v) is 25.4. The zero-order valence-electron chi connectivity index (χ0n) is 42.4. The van der Waals surface area contributed by atoms with E-state index in [-0.39, 0.29) is 120 Å². The predicted molar refractivity (Wildman–Crippen MR) is 268 cm³/mol. The molecule has 2 unspecified atom stereocenters. The molecule has 3 fully saturated rings. The molecule has 3 saturated heterocycles. The van der Waals surface area contributed by atoms with Crippen LogP contribution < -0.4 is 5.32 Å². The summed E-state index contributed by atoms with van der Waals surface area (Å²) in [6.07, 6.45) is -13.3. The summed E-state index contributed by atoms with van der Waals surface area (Å²) in [7, 11) is 1.33. The van der Waals surface area contributed by atoms with Crippen LogP contribution in [0.25, 0.3) is 33.8 Å². The van der Waals surface area contributed by atoms with E-state index in [2.05, 4.69) is 20.3 Å². The molecule has 4 amide bonds. The number of nitrogens with zero attached hydrogens (tertiary/aromatic N) is 6. The summed E-state index contributed by atoms with van der Waals surface area (Å²) in [5, 5.41) is 22.5. The molecule has 3 N–H and O–H groups in total. The minimum absolute atomic E-state index is 0.00288. The van der Waals surface area contributed by atoms with Gasteiger partial charge in [-0.05, 0) is 78.1 Å². The van der Waals surface area contributed by atoms with Gasteiger partial charge in [-0.25, -0.2) is 15.0 Å². The second kappa shape index (κ2) is 22.6. The number of likely N-dealkylation sites (tertiary alicyclic amines) is 3. The van der Waals surface area contributed by atoms with Crippen LogP contribution >= 0.6 is 0 Å². The van der Waals surface area contributed by atoms with Crippen LogP contribution in [0, 0.1) is 11.8 Å². The number of carbonyl (C=O) groups is 4. The van der Waals surface area contributed by atoms with Gasteiger partial charge in [-0.15, -0.1) is 0 Å². The van der Waals surface area contributed by atoms with E-state index in [1.165, 1.54) is 35.0 Å². The highest BCUT2D eigenvalue weighted by atomic mass is 19.4. The standard InChI is InChI=1S/C57H52F9N7O6/c1-67-52(77)48-42(26-46(56(61,62)63)70-50(48)37-14-8-32(9-15-37)27-71-20-2-3-47(71)76)24-39-19-22-73(54(39)79)29-34-6-12-36(13-7-34)49-43(31-75)41(25-45(69-49)55(58,59)60)23-38-18-21-72(53(38)78)28-33-4-10-35(11-5-33)44-17-16-40(30-74)51(68-44)57(64,65)66/h4-17,25-26,38-39,74-75H,2-3,18-24,27-31H2,1H3,(H,67,77). The largest absolute Gasteiger partial charge is 0.433 e. The van der Waals surface area contributed by atoms with Gasteiger partial charge in [0.25, 0.3) is 5.91 Å². The normalized spacial score (nSPS) is 17.2. The Hall–Kier alpha value is -7.72. The average molecular weight is 1100 g/mol. The summed E-state index contributed by atoms with van der Waals surface area (Å²) >= 11 is 0. The highest BCUT2D eigenvalue weighted by molar-refractivity contribution is 6.01. The van der Waals surface area contributed by atoms with Crippen LogP contribution in [0.2, 0.25) is 0 Å². The van der Waals surface area contributed by atoms with Crippen molar-refractivity contribution in [2.24, 2.45) is 11.8 Å². The zero-order valence-corrected chi connectivity index (χ0v) is 42.4. The van der Waals surface area contributed by atoms with E-state index in [1.807, 2.05) is 0 Å². The molecule has 3 aromatic heterocycles. The number of aliphatic hydroxyl groups is 2. The van der Waals surface area contributed by atoms with Crippen molar-refractivity contribution in [3.63, 3.8) is 0 Å². The van der Waals surface area contributed by atoms with Crippen molar-refractivity contribution in [1.29, 1.82) is 0 Å². The summed E-state index contributed by atoms with van der Waals surface area (Å²) in [6.45, 7) is -0.0702. The first-order valence-electron chi connectivity index (χ1n) is 25.4. The predicted octanol–water partition coefficient (Wildman–Crippen LogP) is 9.58. The Kier molecular flexibility index (Phi) is 16.0. The monoisotopic (exact) mass is 1100 g/mol. The van der Waals surface area contributed by atoms with Crippen LogP contribution in [0.1, 0.15) is 92.1 Å². The molecule has 0 radical (unpaired) electrons. The Bertz CT molecular complexity index is 3280. The van der Waals surface area contributed by atoms with Crippen molar-refractivity contribution in [2.75, 3.05) is 26.7 Å². The lowest BCUT2D eigenvalue weighted by Gasteiger charge is -2.21. The molecule has 0 saturated carbocycles. The van der Waals surface area contributed by atoms with Crippen LogP contribution in [-0.2, 0) is 78.6 Å². The van der Waals surface area contributed by atoms with Gasteiger partial charge >= 0.3 is 18.5 Å². The highest BCUT2D eigenvalue weighted by Crippen LogP contribution is 2.39. The third-order valence-electron chi connectivity index (χ3n) is 14.7. The number of rotatable bonds is 16. The maximum Gasteiger partial charge on any atom is 0.433 e. The molecule has 414 valence electrons. The summed E-state index contributed by atoms with van der Waals surface area (Å²) in [5.41, 5.74) is -1.75. The Labute approximate surface area is 447 Å². The molecular weight excluding hydrogens is 1050 g/mol. The number of nitrogens with one attached hydrogen (secondary N) is 1. The fourth-order valence-corrected chi connectivity index (χ4v) is 10.6. The van der Waals surface area contributed by atoms with E-state index in [1.54, 1.807) is 65.6 Å². The van der Waals surface area contributed by atoms with E-state index in [0.717, 1.165) is 30.2 Å². The molecule has 0 spiro atoms. The van der Waals surface area contributed by atoms with Crippen molar-refractivity contribution in [2.45, 2.75) is 89.9 Å². The van der Waals surface area contributed by atoms with Gasteiger partial charge in [0, 0.05) is 92.4 Å². The molecule has 6 aromatic rings. The van der Waals surface area contributed by atoms with E-state index in [9.17, 15) is 68.9 Å². The first kappa shape index (κ1) is 56.0. The number of hydrogen-bond acceptors (Lipinski definition) is 9. The quantitative estimate of drug-likeness (QED) is 0.0800. The number of pyridine rings is 3. The smallest absolute Gasteiger partial charge is 0.392 e. The van der Waals surface area contributed by atoms with Gasteiger partial charge in [0.2, 0.25) is 17.7 Å². The van der Waals surface area contributed by atoms with Gasteiger partial charge < -0.3 is 30.2 Å². The maximum atomic E-state index is 14.5. The van der Waals surface area contributed by atoms with Gasteiger partial charge in [-0.3, -0.25) is 19.2 Å². The summed E-state index contributed by atoms with van der Waals surface area (Å²) < 4.78 is 128. The van der Waals surface area contributed by atoms with Gasteiger partial charge in [-0.1, -0.05) is 78.9 Å². The topological polar surface area (TPSA) is 169 Å². The number of aliphatic hydroxyl groups excluding tert-OH is 2. The summed E-state index contributed by atoms with van der Waals surface area (Å²) in [5.74, 6) is -3.04. The number of alkyl halides is 9. The molecule has 3 aliphatic rings. The average Bonchev–Trinajstić information content (AvgIpc) is 4.23. The minimum Gasteiger partial charge on any atom is -0.392 e. The lowest BCUT2D eigenvalue weighted by Crippen LogP contribution is -2.28. The SMILES string of the molecule is CNC(=O)c1c(CC2CCN(Cc3ccc(-c4nc(C(F)(F)F)cc(CC5CCN(Cc6ccc(-c7ccc(CO)c(C(F)(F)F)n7)cc6)C5=O)c4CO)cc3)C2=O)cc(C(F)(F)F)nc1-c1ccc(CN2CCCC2=O)cc1. The van der Waals surface area contributed by atoms with Crippen molar-refractivity contribution in [1.82, 2.24) is 35.0 Å². The van der Waals surface area contributed by atoms with Gasteiger partial charge in [0.15, 0.2) is 5.69 Å². The lowest BCUT2D eigenvalue weighted by atomic mass is 9.91. The van der Waals surface area contributed by atoms with Gasteiger partial charge in [0.05, 0.1) is 35.9 Å². The molecule has 0 aliphatic carbocycles. The maximum absolute atomic E-state index is 14.5. The Balaban J connectivity index is 0.888. The Morgan fingerprint density at radius 1 is 0.570 bits per heavy atom. The molecule has 22 heteroatoms. The lowest BCUT2D eigenvalue weighted by molar-refractivity contribution is -0.142. The van der Waals surface area contributed by atoms with Gasteiger partial charge in [-0.2, -0.15) is 39.5 Å². The molecule has 79 heavy (non-hydrogen) atoms. The van der Waals surface area contributed by atoms with Crippen LogP contribution in [0.3, 0.4) is 0 Å². The third kappa shape index (κ3) is 12.3. The minimum atomic E-state index is -4.91. The zero-order chi connectivity index (χ0) is 56.6. The molecule has 3 aromatic carbocycles. The number of amides is 4. The van der Waals surface area contributed by atoms with Crippen molar-refractivity contribution >= 4 is 23.6 Å². The van der Waals surface area contributed by atoms with Crippen LogP contribution in [0.4, 0.5) is 39.5 Å². The number of hydrogen-bond donors (Lipinski definition) is 3. The van der Waals surface area contributed by atoms with E-state index in [4.69, 9.17) is 0 Å². The Morgan fingerprint density at radius 2 is 1.05 bits per heavy atom. The molecule has 13 nitrogen and oxygen atoms in total.